The molecule has 0 spiro atoms. The second-order valence-electron chi connectivity index (χ2n) is 3.40. The van der Waals surface area contributed by atoms with Crippen molar-refractivity contribution >= 4 is 18.4 Å². The van der Waals surface area contributed by atoms with E-state index in [0.717, 1.165) is 5.69 Å². The molecule has 1 aliphatic carbocycles. The first-order valence-electron chi connectivity index (χ1n) is 4.43. The lowest BCUT2D eigenvalue weighted by Gasteiger charge is -1.99. The summed E-state index contributed by atoms with van der Waals surface area (Å²) in [6.07, 6.45) is 2.42. The molecule has 0 radical (unpaired) electrons. The van der Waals surface area contributed by atoms with E-state index in [1.54, 1.807) is 6.07 Å². The Balaban J connectivity index is 0.000000980. The van der Waals surface area contributed by atoms with Gasteiger partial charge in [-0.3, -0.25) is 9.78 Å². The van der Waals surface area contributed by atoms with Crippen LogP contribution >= 0.6 is 12.4 Å². The summed E-state index contributed by atoms with van der Waals surface area (Å²) in [5, 5.41) is 8.57. The first-order chi connectivity index (χ1) is 6.25. The molecule has 0 saturated heterocycles. The molecule has 1 fully saturated rings. The molecule has 1 saturated carbocycles. The normalized spacial score (nSPS) is 14.6. The Morgan fingerprint density at radius 2 is 2.21 bits per heavy atom. The number of carboxylic acids is 1. The van der Waals surface area contributed by atoms with Crippen LogP contribution in [0.3, 0.4) is 0 Å². The van der Waals surface area contributed by atoms with Crippen molar-refractivity contribution in [1.29, 1.82) is 0 Å². The Labute approximate surface area is 88.6 Å². The Morgan fingerprint density at radius 1 is 1.50 bits per heavy atom. The van der Waals surface area contributed by atoms with Crippen molar-refractivity contribution in [2.75, 3.05) is 0 Å². The minimum absolute atomic E-state index is 0. The highest BCUT2D eigenvalue weighted by atomic mass is 35.5. The number of halogens is 1. The van der Waals surface area contributed by atoms with Crippen LogP contribution in [0.1, 0.15) is 30.1 Å². The Kier molecular flexibility index (Phi) is 3.47. The van der Waals surface area contributed by atoms with Crippen LogP contribution in [0.15, 0.2) is 18.2 Å². The first-order valence-corrected chi connectivity index (χ1v) is 4.43. The van der Waals surface area contributed by atoms with Crippen molar-refractivity contribution in [2.45, 2.75) is 25.2 Å². The van der Waals surface area contributed by atoms with E-state index in [9.17, 15) is 4.79 Å². The zero-order valence-corrected chi connectivity index (χ0v) is 8.46. The number of aromatic nitrogens is 1. The molecular formula is C10H12ClNO2. The van der Waals surface area contributed by atoms with Gasteiger partial charge in [-0.1, -0.05) is 6.07 Å². The van der Waals surface area contributed by atoms with Crippen LogP contribution in [0.4, 0.5) is 0 Å². The summed E-state index contributed by atoms with van der Waals surface area (Å²) in [5.74, 6) is -0.228. The smallest absolute Gasteiger partial charge is 0.309 e. The van der Waals surface area contributed by atoms with E-state index in [1.807, 2.05) is 12.1 Å². The molecule has 0 bridgehead atoms. The lowest BCUT2D eigenvalue weighted by Crippen LogP contribution is -2.03. The minimum Gasteiger partial charge on any atom is -0.481 e. The topological polar surface area (TPSA) is 50.2 Å². The lowest BCUT2D eigenvalue weighted by atomic mass is 10.2. The third-order valence-corrected chi connectivity index (χ3v) is 2.16. The van der Waals surface area contributed by atoms with Gasteiger partial charge in [-0.15, -0.1) is 12.4 Å². The number of pyridine rings is 1. The second kappa shape index (κ2) is 4.42. The van der Waals surface area contributed by atoms with Gasteiger partial charge in [-0.05, 0) is 25.0 Å². The maximum absolute atomic E-state index is 10.4. The molecule has 76 valence electrons. The van der Waals surface area contributed by atoms with Crippen molar-refractivity contribution < 1.29 is 9.90 Å². The van der Waals surface area contributed by atoms with E-state index in [4.69, 9.17) is 5.11 Å². The second-order valence-corrected chi connectivity index (χ2v) is 3.40. The van der Waals surface area contributed by atoms with E-state index in [2.05, 4.69) is 4.98 Å². The van der Waals surface area contributed by atoms with Gasteiger partial charge < -0.3 is 5.11 Å². The fourth-order valence-corrected chi connectivity index (χ4v) is 1.36. The Morgan fingerprint density at radius 3 is 2.79 bits per heavy atom. The first kappa shape index (κ1) is 11.0. The monoisotopic (exact) mass is 213 g/mol. The van der Waals surface area contributed by atoms with Crippen LogP contribution in [0, 0.1) is 0 Å². The zero-order chi connectivity index (χ0) is 9.26. The van der Waals surface area contributed by atoms with E-state index in [-0.39, 0.29) is 18.8 Å². The molecule has 0 aromatic carbocycles. The number of carbonyl (C=O) groups is 1. The zero-order valence-electron chi connectivity index (χ0n) is 7.64. The Bertz CT molecular complexity index is 337. The van der Waals surface area contributed by atoms with Gasteiger partial charge in [0.1, 0.15) is 0 Å². The van der Waals surface area contributed by atoms with Crippen LogP contribution in [-0.2, 0) is 11.2 Å². The number of rotatable bonds is 3. The van der Waals surface area contributed by atoms with Crippen molar-refractivity contribution in [3.8, 4) is 0 Å². The van der Waals surface area contributed by atoms with E-state index in [1.165, 1.54) is 12.8 Å². The van der Waals surface area contributed by atoms with Gasteiger partial charge in [0.2, 0.25) is 0 Å². The van der Waals surface area contributed by atoms with E-state index < -0.39 is 5.97 Å². The average molecular weight is 214 g/mol. The average Bonchev–Trinajstić information content (AvgIpc) is 2.85. The summed E-state index contributed by atoms with van der Waals surface area (Å²) in [6.45, 7) is 0. The van der Waals surface area contributed by atoms with Crippen LogP contribution < -0.4 is 0 Å². The molecular weight excluding hydrogens is 202 g/mol. The molecule has 0 unspecified atom stereocenters. The van der Waals surface area contributed by atoms with Crippen LogP contribution in [0.2, 0.25) is 0 Å². The summed E-state index contributed by atoms with van der Waals surface area (Å²) >= 11 is 0. The highest BCUT2D eigenvalue weighted by molar-refractivity contribution is 5.85. The molecule has 1 heterocycles. The largest absolute Gasteiger partial charge is 0.481 e. The van der Waals surface area contributed by atoms with Gasteiger partial charge in [0, 0.05) is 11.6 Å². The molecule has 1 N–H and O–H groups in total. The highest BCUT2D eigenvalue weighted by Crippen LogP contribution is 2.38. The number of aliphatic carboxylic acids is 1. The maximum Gasteiger partial charge on any atom is 0.309 e. The molecule has 0 aliphatic heterocycles. The summed E-state index contributed by atoms with van der Waals surface area (Å²) in [6, 6.07) is 5.63. The van der Waals surface area contributed by atoms with E-state index in [0.29, 0.717) is 11.6 Å². The highest BCUT2D eigenvalue weighted by Gasteiger charge is 2.24. The predicted octanol–water partition coefficient (Wildman–Crippen LogP) is 2.01. The Hall–Kier alpha value is -1.09. The summed E-state index contributed by atoms with van der Waals surface area (Å²) in [4.78, 5) is 14.7. The van der Waals surface area contributed by atoms with Gasteiger partial charge in [-0.25, -0.2) is 0 Å². The molecule has 1 aromatic rings. The molecule has 1 aliphatic rings. The van der Waals surface area contributed by atoms with Gasteiger partial charge in [-0.2, -0.15) is 0 Å². The molecule has 0 atom stereocenters. The maximum atomic E-state index is 10.4. The SMILES string of the molecule is Cl.O=C(O)Cc1cccc(C2CC2)n1. The molecule has 2 rings (SSSR count). The van der Waals surface area contributed by atoms with Crippen LogP contribution in [0.5, 0.6) is 0 Å². The molecule has 1 aromatic heterocycles. The van der Waals surface area contributed by atoms with Crippen molar-refractivity contribution in [3.63, 3.8) is 0 Å². The fourth-order valence-electron chi connectivity index (χ4n) is 1.36. The van der Waals surface area contributed by atoms with Gasteiger partial charge >= 0.3 is 5.97 Å². The van der Waals surface area contributed by atoms with E-state index >= 15 is 0 Å². The van der Waals surface area contributed by atoms with Crippen molar-refractivity contribution in [2.24, 2.45) is 0 Å². The number of hydrogen-bond donors (Lipinski definition) is 1. The van der Waals surface area contributed by atoms with Gasteiger partial charge in [0.25, 0.3) is 0 Å². The lowest BCUT2D eigenvalue weighted by molar-refractivity contribution is -0.136. The standard InChI is InChI=1S/C10H11NO2.ClH/c12-10(13)6-8-2-1-3-9(11-8)7-4-5-7;/h1-3,7H,4-6H2,(H,12,13);1H. The molecule has 0 amide bonds. The third-order valence-electron chi connectivity index (χ3n) is 2.16. The van der Waals surface area contributed by atoms with Gasteiger partial charge in [0.05, 0.1) is 12.1 Å². The third kappa shape index (κ3) is 2.70. The minimum atomic E-state index is -0.819. The number of nitrogens with zero attached hydrogens (tertiary/aromatic N) is 1. The van der Waals surface area contributed by atoms with Crippen molar-refractivity contribution in [3.05, 3.63) is 29.6 Å². The van der Waals surface area contributed by atoms with Gasteiger partial charge in [0.15, 0.2) is 0 Å². The quantitative estimate of drug-likeness (QED) is 0.836. The molecule has 14 heavy (non-hydrogen) atoms. The summed E-state index contributed by atoms with van der Waals surface area (Å²) < 4.78 is 0. The van der Waals surface area contributed by atoms with Crippen LogP contribution in [-0.4, -0.2) is 16.1 Å². The van der Waals surface area contributed by atoms with Crippen molar-refractivity contribution in [1.82, 2.24) is 4.98 Å². The number of hydrogen-bond acceptors (Lipinski definition) is 2. The summed E-state index contributed by atoms with van der Waals surface area (Å²) in [5.41, 5.74) is 1.72. The molecule has 4 heteroatoms. The predicted molar refractivity (Wildman–Crippen MR) is 54.8 cm³/mol. The number of carboxylic acid groups (broad SMARTS) is 1. The fraction of sp³-hybridized carbons (Fsp3) is 0.400. The summed E-state index contributed by atoms with van der Waals surface area (Å²) in [7, 11) is 0. The van der Waals surface area contributed by atoms with Crippen LogP contribution in [0.25, 0.3) is 0 Å². The molecule has 3 nitrogen and oxygen atoms in total.